The second-order valence-corrected chi connectivity index (χ2v) is 5.63. The van der Waals surface area contributed by atoms with Gasteiger partial charge < -0.3 is 15.3 Å². The molecule has 1 fully saturated rings. The normalized spacial score (nSPS) is 15.8. The van der Waals surface area contributed by atoms with Crippen LogP contribution in [-0.2, 0) is 14.4 Å². The summed E-state index contributed by atoms with van der Waals surface area (Å²) in [7, 11) is 0. The van der Waals surface area contributed by atoms with Crippen LogP contribution in [0.2, 0.25) is 0 Å². The van der Waals surface area contributed by atoms with E-state index in [4.69, 9.17) is 5.11 Å². The zero-order valence-corrected chi connectivity index (χ0v) is 12.8. The fourth-order valence-corrected chi connectivity index (χ4v) is 2.57. The van der Waals surface area contributed by atoms with Gasteiger partial charge in [-0.25, -0.2) is 0 Å². The van der Waals surface area contributed by atoms with Gasteiger partial charge in [0.05, 0.1) is 0 Å². The number of hydrogen-bond acceptors (Lipinski definition) is 3. The predicted molar refractivity (Wildman–Crippen MR) is 78.7 cm³/mol. The summed E-state index contributed by atoms with van der Waals surface area (Å²) >= 11 is 0. The highest BCUT2D eigenvalue weighted by Crippen LogP contribution is 2.17. The number of carbonyl (C=O) groups excluding carboxylic acids is 2. The number of carbonyl (C=O) groups is 3. The minimum atomic E-state index is -0.750. The van der Waals surface area contributed by atoms with E-state index in [0.29, 0.717) is 26.1 Å². The zero-order valence-electron chi connectivity index (χ0n) is 12.8. The quantitative estimate of drug-likeness (QED) is 0.663. The first kappa shape index (κ1) is 17.5. The largest absolute Gasteiger partial charge is 0.481 e. The average Bonchev–Trinajstić information content (AvgIpc) is 2.45. The Labute approximate surface area is 125 Å². The second-order valence-electron chi connectivity index (χ2n) is 5.63. The fraction of sp³-hybridized carbons (Fsp3) is 0.800. The van der Waals surface area contributed by atoms with E-state index in [2.05, 4.69) is 5.32 Å². The summed E-state index contributed by atoms with van der Waals surface area (Å²) in [4.78, 5) is 35.3. The summed E-state index contributed by atoms with van der Waals surface area (Å²) in [5, 5.41) is 11.4. The number of amides is 2. The lowest BCUT2D eigenvalue weighted by molar-refractivity contribution is -0.137. The van der Waals surface area contributed by atoms with E-state index in [1.54, 1.807) is 11.8 Å². The molecule has 0 spiro atoms. The number of hydrogen-bond donors (Lipinski definition) is 2. The SMILES string of the molecule is CC(=O)N1CCC(C(=O)NCCCCCCC(=O)O)CC1. The number of piperidine rings is 1. The van der Waals surface area contributed by atoms with Gasteiger partial charge in [-0.1, -0.05) is 12.8 Å². The molecule has 1 heterocycles. The summed E-state index contributed by atoms with van der Waals surface area (Å²) in [6.45, 7) is 3.55. The third-order valence-corrected chi connectivity index (χ3v) is 3.93. The number of carboxylic acids is 1. The van der Waals surface area contributed by atoms with Crippen LogP contribution in [0.4, 0.5) is 0 Å². The third kappa shape index (κ3) is 7.11. The highest BCUT2D eigenvalue weighted by molar-refractivity contribution is 5.79. The number of nitrogens with zero attached hydrogens (tertiary/aromatic N) is 1. The minimum Gasteiger partial charge on any atom is -0.481 e. The molecule has 0 atom stereocenters. The van der Waals surface area contributed by atoms with Crippen molar-refractivity contribution in [3.63, 3.8) is 0 Å². The van der Waals surface area contributed by atoms with Crippen LogP contribution in [0.3, 0.4) is 0 Å². The monoisotopic (exact) mass is 298 g/mol. The molecule has 0 aliphatic carbocycles. The van der Waals surface area contributed by atoms with E-state index in [9.17, 15) is 14.4 Å². The van der Waals surface area contributed by atoms with Gasteiger partial charge in [-0.3, -0.25) is 14.4 Å². The molecule has 0 aromatic carbocycles. The number of carboxylic acid groups (broad SMARTS) is 1. The standard InChI is InChI=1S/C15H26N2O4/c1-12(18)17-10-7-13(8-11-17)15(21)16-9-5-3-2-4-6-14(19)20/h13H,2-11H2,1H3,(H,16,21)(H,19,20). The number of likely N-dealkylation sites (tertiary alicyclic amines) is 1. The first-order valence-corrected chi connectivity index (χ1v) is 7.75. The maximum absolute atomic E-state index is 12.0. The van der Waals surface area contributed by atoms with E-state index < -0.39 is 5.97 Å². The zero-order chi connectivity index (χ0) is 15.7. The fourth-order valence-electron chi connectivity index (χ4n) is 2.57. The first-order chi connectivity index (χ1) is 10.0. The van der Waals surface area contributed by atoms with Crippen LogP contribution in [0.15, 0.2) is 0 Å². The van der Waals surface area contributed by atoms with E-state index >= 15 is 0 Å². The van der Waals surface area contributed by atoms with Crippen LogP contribution in [0.1, 0.15) is 51.9 Å². The van der Waals surface area contributed by atoms with Crippen LogP contribution in [0.5, 0.6) is 0 Å². The molecule has 0 radical (unpaired) electrons. The van der Waals surface area contributed by atoms with Gasteiger partial charge in [-0.2, -0.15) is 0 Å². The summed E-state index contributed by atoms with van der Waals surface area (Å²) in [5.41, 5.74) is 0. The molecule has 21 heavy (non-hydrogen) atoms. The summed E-state index contributed by atoms with van der Waals surface area (Å²) in [6.07, 6.45) is 5.12. The van der Waals surface area contributed by atoms with Crippen molar-refractivity contribution in [1.82, 2.24) is 10.2 Å². The average molecular weight is 298 g/mol. The van der Waals surface area contributed by atoms with Crippen molar-refractivity contribution in [1.29, 1.82) is 0 Å². The van der Waals surface area contributed by atoms with E-state index in [1.807, 2.05) is 0 Å². The summed E-state index contributed by atoms with van der Waals surface area (Å²) < 4.78 is 0. The molecular formula is C15H26N2O4. The molecule has 6 heteroatoms. The minimum absolute atomic E-state index is 0.0209. The lowest BCUT2D eigenvalue weighted by Gasteiger charge is -2.30. The Morgan fingerprint density at radius 1 is 1.10 bits per heavy atom. The van der Waals surface area contributed by atoms with Crippen molar-refractivity contribution in [3.05, 3.63) is 0 Å². The van der Waals surface area contributed by atoms with Crippen LogP contribution < -0.4 is 5.32 Å². The molecular weight excluding hydrogens is 272 g/mol. The molecule has 0 aromatic rings. The van der Waals surface area contributed by atoms with Crippen LogP contribution in [-0.4, -0.2) is 47.4 Å². The molecule has 1 rings (SSSR count). The Kier molecular flexibility index (Phi) is 7.79. The first-order valence-electron chi connectivity index (χ1n) is 7.75. The lowest BCUT2D eigenvalue weighted by Crippen LogP contribution is -2.42. The topological polar surface area (TPSA) is 86.7 Å². The molecule has 1 saturated heterocycles. The van der Waals surface area contributed by atoms with E-state index in [0.717, 1.165) is 32.1 Å². The number of rotatable bonds is 8. The van der Waals surface area contributed by atoms with E-state index in [1.165, 1.54) is 0 Å². The Hall–Kier alpha value is -1.59. The van der Waals surface area contributed by atoms with Crippen LogP contribution in [0, 0.1) is 5.92 Å². The highest BCUT2D eigenvalue weighted by Gasteiger charge is 2.25. The van der Waals surface area contributed by atoms with Gasteiger partial charge in [0.25, 0.3) is 0 Å². The van der Waals surface area contributed by atoms with Gasteiger partial charge in [0.1, 0.15) is 0 Å². The number of unbranched alkanes of at least 4 members (excludes halogenated alkanes) is 3. The Balaban J connectivity index is 2.04. The molecule has 120 valence electrons. The van der Waals surface area contributed by atoms with Gasteiger partial charge >= 0.3 is 5.97 Å². The Morgan fingerprint density at radius 2 is 1.71 bits per heavy atom. The van der Waals surface area contributed by atoms with Gasteiger partial charge in [-0.15, -0.1) is 0 Å². The smallest absolute Gasteiger partial charge is 0.303 e. The van der Waals surface area contributed by atoms with Crippen molar-refractivity contribution < 1.29 is 19.5 Å². The lowest BCUT2D eigenvalue weighted by atomic mass is 9.96. The maximum Gasteiger partial charge on any atom is 0.303 e. The molecule has 0 unspecified atom stereocenters. The molecule has 2 amide bonds. The molecule has 6 nitrogen and oxygen atoms in total. The Bertz CT molecular complexity index is 363. The van der Waals surface area contributed by atoms with E-state index in [-0.39, 0.29) is 24.2 Å². The molecule has 1 aliphatic rings. The molecule has 0 bridgehead atoms. The highest BCUT2D eigenvalue weighted by atomic mass is 16.4. The number of nitrogens with one attached hydrogen (secondary N) is 1. The van der Waals surface area contributed by atoms with Crippen molar-refractivity contribution in [2.24, 2.45) is 5.92 Å². The maximum atomic E-state index is 12.0. The number of aliphatic carboxylic acids is 1. The summed E-state index contributed by atoms with van der Waals surface area (Å²) in [5.74, 6) is -0.563. The van der Waals surface area contributed by atoms with Crippen molar-refractivity contribution in [3.8, 4) is 0 Å². The van der Waals surface area contributed by atoms with Crippen molar-refractivity contribution in [2.45, 2.75) is 51.9 Å². The van der Waals surface area contributed by atoms with Gasteiger partial charge in [0.2, 0.25) is 11.8 Å². The molecule has 1 aliphatic heterocycles. The van der Waals surface area contributed by atoms with Gasteiger partial charge in [0, 0.05) is 38.9 Å². The molecule has 0 saturated carbocycles. The van der Waals surface area contributed by atoms with Gasteiger partial charge in [0.15, 0.2) is 0 Å². The van der Waals surface area contributed by atoms with Crippen LogP contribution in [0.25, 0.3) is 0 Å². The predicted octanol–water partition coefficient (Wildman–Crippen LogP) is 1.40. The molecule has 0 aromatic heterocycles. The Morgan fingerprint density at radius 3 is 2.29 bits per heavy atom. The summed E-state index contributed by atoms with van der Waals surface area (Å²) in [6, 6.07) is 0. The van der Waals surface area contributed by atoms with Gasteiger partial charge in [-0.05, 0) is 25.7 Å². The van der Waals surface area contributed by atoms with Crippen LogP contribution >= 0.6 is 0 Å². The second kappa shape index (κ2) is 9.37. The van der Waals surface area contributed by atoms with Crippen molar-refractivity contribution in [2.75, 3.05) is 19.6 Å². The third-order valence-electron chi connectivity index (χ3n) is 3.93. The molecule has 2 N–H and O–H groups in total. The van der Waals surface area contributed by atoms with Crippen molar-refractivity contribution >= 4 is 17.8 Å².